The Balaban J connectivity index is 0.989. The summed E-state index contributed by atoms with van der Waals surface area (Å²) in [6.07, 6.45) is 3.06. The first-order valence-electron chi connectivity index (χ1n) is 23.2. The largest absolute Gasteiger partial charge is 0.454 e. The summed E-state index contributed by atoms with van der Waals surface area (Å²) in [5, 5.41) is 12.1. The predicted molar refractivity (Wildman–Crippen MR) is 281 cm³/mol. The van der Waals surface area contributed by atoms with Crippen LogP contribution in [-0.4, -0.2) is 21.5 Å². The second-order valence-electron chi connectivity index (χ2n) is 18.1. The van der Waals surface area contributed by atoms with Crippen LogP contribution in [0.1, 0.15) is 34.6 Å². The molecule has 0 fully saturated rings. The lowest BCUT2D eigenvalue weighted by Gasteiger charge is -2.31. The number of rotatable bonds is 5. The molecule has 0 atom stereocenters. The molecule has 0 amide bonds. The quantitative estimate of drug-likeness (QED) is 0.159. The third-order valence-corrected chi connectivity index (χ3v) is 15.8. The van der Waals surface area contributed by atoms with Crippen LogP contribution in [-0.2, 0) is 0 Å². The second-order valence-corrected chi connectivity index (χ2v) is 19.2. The molecule has 0 N–H and O–H groups in total. The van der Waals surface area contributed by atoms with Gasteiger partial charge >= 0.3 is 0 Å². The fraction of sp³-hybridized carbons (Fsp3) is 0.0484. The van der Waals surface area contributed by atoms with Gasteiger partial charge in [-0.3, -0.25) is 4.68 Å². The van der Waals surface area contributed by atoms with Crippen molar-refractivity contribution < 1.29 is 9.10 Å². The highest BCUT2D eigenvalue weighted by Gasteiger charge is 2.33. The third-order valence-electron chi connectivity index (χ3n) is 14.6. The van der Waals surface area contributed by atoms with Gasteiger partial charge in [0.05, 0.1) is 28.2 Å². The van der Waals surface area contributed by atoms with Gasteiger partial charge in [0.2, 0.25) is 0 Å². The lowest BCUT2D eigenvalue weighted by Crippen LogP contribution is -2.26. The Kier molecular flexibility index (Phi) is 7.80. The molecule has 10 aromatic carbocycles. The van der Waals surface area contributed by atoms with E-state index in [-0.39, 0.29) is 5.92 Å². The van der Waals surface area contributed by atoms with Gasteiger partial charge in [0.1, 0.15) is 12.1 Å². The Morgan fingerprint density at radius 3 is 2.04 bits per heavy atom. The van der Waals surface area contributed by atoms with Gasteiger partial charge in [-0.1, -0.05) is 176 Å². The number of thiophene rings is 1. The van der Waals surface area contributed by atoms with Crippen molar-refractivity contribution in [2.24, 2.45) is 0 Å². The van der Waals surface area contributed by atoms with E-state index in [1.807, 2.05) is 11.3 Å². The minimum atomic E-state index is 0.127. The van der Waals surface area contributed by atoms with Gasteiger partial charge in [-0.15, -0.1) is 11.3 Å². The predicted octanol–water partition coefficient (Wildman–Crippen LogP) is 16.7. The molecule has 4 nitrogen and oxygen atoms in total. The SMILES string of the molecule is C1=C(c2cccc3c2sc2ccccc23)[N-][N+](CC2c3ccccc3-c3ccccc32)=C(c2ccc(-n3c4cc5ccccc5cc4c4ccc5ccccc5c43)c3oc4ccccc4c23)C1. The van der Waals surface area contributed by atoms with Crippen LogP contribution in [0.3, 0.4) is 0 Å². The Morgan fingerprint density at radius 1 is 0.537 bits per heavy atom. The number of aromatic nitrogens is 1. The van der Waals surface area contributed by atoms with Crippen LogP contribution in [0, 0.1) is 0 Å². The number of hydrogen-bond donors (Lipinski definition) is 0. The van der Waals surface area contributed by atoms with Gasteiger partial charge < -0.3 is 14.4 Å². The van der Waals surface area contributed by atoms with Gasteiger partial charge in [0.25, 0.3) is 0 Å². The molecule has 67 heavy (non-hydrogen) atoms. The molecule has 0 spiro atoms. The van der Waals surface area contributed by atoms with Gasteiger partial charge in [-0.2, -0.15) is 0 Å². The minimum Gasteiger partial charge on any atom is -0.454 e. The van der Waals surface area contributed by atoms with Gasteiger partial charge in [0, 0.05) is 53.5 Å². The number of para-hydroxylation sites is 1. The van der Waals surface area contributed by atoms with Crippen molar-refractivity contribution in [3.8, 4) is 16.8 Å². The molecule has 4 heterocycles. The van der Waals surface area contributed by atoms with E-state index in [1.165, 1.54) is 85.8 Å². The average Bonchev–Trinajstić information content (AvgIpc) is 4.14. The molecule has 3 aromatic heterocycles. The number of nitrogens with zero attached hydrogens (tertiary/aromatic N) is 3. The smallest absolute Gasteiger partial charge is 0.183 e. The van der Waals surface area contributed by atoms with Crippen LogP contribution in [0.15, 0.2) is 211 Å². The first kappa shape index (κ1) is 37.0. The van der Waals surface area contributed by atoms with Crippen molar-refractivity contribution in [1.29, 1.82) is 0 Å². The van der Waals surface area contributed by atoms with Gasteiger partial charge in [0.15, 0.2) is 11.3 Å². The Hall–Kier alpha value is -8.25. The van der Waals surface area contributed by atoms with Crippen LogP contribution in [0.5, 0.6) is 0 Å². The minimum absolute atomic E-state index is 0.127. The molecule has 0 saturated heterocycles. The molecule has 314 valence electrons. The van der Waals surface area contributed by atoms with E-state index in [4.69, 9.17) is 9.84 Å². The number of furan rings is 1. The fourth-order valence-electron chi connectivity index (χ4n) is 11.6. The number of allylic oxidation sites excluding steroid dienone is 1. The van der Waals surface area contributed by atoms with Gasteiger partial charge in [-0.25, -0.2) is 0 Å². The molecular weight excluding hydrogens is 835 g/mol. The summed E-state index contributed by atoms with van der Waals surface area (Å²) in [5.74, 6) is 0.127. The molecule has 0 saturated carbocycles. The van der Waals surface area contributed by atoms with Crippen LogP contribution in [0.2, 0.25) is 0 Å². The lowest BCUT2D eigenvalue weighted by molar-refractivity contribution is -0.474. The van der Waals surface area contributed by atoms with E-state index in [1.54, 1.807) is 0 Å². The summed E-state index contributed by atoms with van der Waals surface area (Å²) in [6, 6.07) is 73.3. The van der Waals surface area contributed by atoms with E-state index >= 15 is 0 Å². The summed E-state index contributed by atoms with van der Waals surface area (Å²) >= 11 is 1.86. The Labute approximate surface area is 389 Å². The molecule has 1 aliphatic carbocycles. The molecule has 13 aromatic rings. The molecule has 1 aliphatic heterocycles. The van der Waals surface area contributed by atoms with E-state index in [2.05, 4.69) is 216 Å². The maximum atomic E-state index is 7.17. The van der Waals surface area contributed by atoms with Crippen LogP contribution in [0.25, 0.3) is 113 Å². The average molecular weight is 874 g/mol. The van der Waals surface area contributed by atoms with E-state index < -0.39 is 0 Å². The summed E-state index contributed by atoms with van der Waals surface area (Å²) in [5.41, 5.74) is 20.7. The first-order chi connectivity index (χ1) is 33.2. The van der Waals surface area contributed by atoms with Crippen molar-refractivity contribution in [2.75, 3.05) is 6.54 Å². The van der Waals surface area contributed by atoms with E-state index in [9.17, 15) is 0 Å². The maximum absolute atomic E-state index is 7.17. The highest BCUT2D eigenvalue weighted by atomic mass is 32.1. The normalized spacial score (nSPS) is 14.1. The number of benzene rings is 10. The van der Waals surface area contributed by atoms with E-state index in [0.717, 1.165) is 50.1 Å². The van der Waals surface area contributed by atoms with Crippen LogP contribution in [0.4, 0.5) is 0 Å². The molecular formula is C62H39N3OS. The standard InChI is InChI=1S/C62H39N3OS/c1-2-16-39-35-56-51(34-38(39)15-1)46-29-28-37-14-3-4-17-40(37)60(46)65(56)55-32-30-49(59-50-23-9-11-26-57(50)66-61(55)59)54-33-31-53(48-25-13-24-47-45-22-10-12-27-58(45)67-62(47)48)63-64(54)36-52-43-20-7-5-18-41(43)42-19-6-8-21-44(42)52/h1-32,34-35,52H,33,36H2. The number of hydrogen-bond acceptors (Lipinski definition) is 2. The zero-order valence-electron chi connectivity index (χ0n) is 36.3. The van der Waals surface area contributed by atoms with Crippen molar-refractivity contribution >= 4 is 108 Å². The van der Waals surface area contributed by atoms with Crippen molar-refractivity contribution in [1.82, 2.24) is 4.57 Å². The molecule has 0 bridgehead atoms. The zero-order chi connectivity index (χ0) is 43.7. The Bertz CT molecular complexity index is 4290. The lowest BCUT2D eigenvalue weighted by atomic mass is 9.94. The highest BCUT2D eigenvalue weighted by molar-refractivity contribution is 7.26. The molecule has 0 radical (unpaired) electrons. The maximum Gasteiger partial charge on any atom is 0.183 e. The summed E-state index contributed by atoms with van der Waals surface area (Å²) in [4.78, 5) is 0. The monoisotopic (exact) mass is 873 g/mol. The third kappa shape index (κ3) is 5.37. The van der Waals surface area contributed by atoms with Crippen molar-refractivity contribution in [3.05, 3.63) is 234 Å². The topological polar surface area (TPSA) is 35.2 Å². The molecule has 2 aliphatic rings. The first-order valence-corrected chi connectivity index (χ1v) is 24.0. The summed E-state index contributed by atoms with van der Waals surface area (Å²) < 4.78 is 14.6. The van der Waals surface area contributed by atoms with Crippen LogP contribution < -0.4 is 0 Å². The van der Waals surface area contributed by atoms with Crippen molar-refractivity contribution in [2.45, 2.75) is 12.3 Å². The zero-order valence-corrected chi connectivity index (χ0v) is 37.1. The summed E-state index contributed by atoms with van der Waals surface area (Å²) in [7, 11) is 0. The van der Waals surface area contributed by atoms with Crippen LogP contribution >= 0.6 is 11.3 Å². The number of fused-ring (bicyclic) bond motifs is 15. The highest BCUT2D eigenvalue weighted by Crippen LogP contribution is 2.48. The van der Waals surface area contributed by atoms with E-state index in [0.29, 0.717) is 13.0 Å². The fourth-order valence-corrected chi connectivity index (χ4v) is 12.8. The molecule has 15 rings (SSSR count). The van der Waals surface area contributed by atoms with Gasteiger partial charge in [-0.05, 0) is 80.4 Å². The molecule has 0 unspecified atom stereocenters. The molecule has 5 heteroatoms. The Morgan fingerprint density at radius 2 is 1.21 bits per heavy atom. The second kappa shape index (κ2) is 14.1. The van der Waals surface area contributed by atoms with Crippen molar-refractivity contribution in [3.63, 3.8) is 0 Å². The summed E-state index contributed by atoms with van der Waals surface area (Å²) in [6.45, 7) is 0.689.